The van der Waals surface area contributed by atoms with Crippen molar-refractivity contribution in [3.63, 3.8) is 0 Å². The molecule has 5 heteroatoms. The second kappa shape index (κ2) is 7.59. The topological polar surface area (TPSA) is 60.9 Å². The van der Waals surface area contributed by atoms with Gasteiger partial charge < -0.3 is 10.0 Å². The van der Waals surface area contributed by atoms with Crippen molar-refractivity contribution in [2.75, 3.05) is 19.6 Å². The van der Waals surface area contributed by atoms with Gasteiger partial charge in [-0.3, -0.25) is 14.5 Å². The van der Waals surface area contributed by atoms with E-state index in [1.54, 1.807) is 0 Å². The number of aliphatic carboxylic acids is 1. The average Bonchev–Trinajstić information content (AvgIpc) is 3.11. The van der Waals surface area contributed by atoms with Gasteiger partial charge in [0, 0.05) is 18.3 Å². The third kappa shape index (κ3) is 4.30. The Morgan fingerprint density at radius 3 is 2.48 bits per heavy atom. The minimum Gasteiger partial charge on any atom is -0.480 e. The first kappa shape index (κ1) is 16.0. The van der Waals surface area contributed by atoms with Gasteiger partial charge in [-0.05, 0) is 39.0 Å². The summed E-state index contributed by atoms with van der Waals surface area (Å²) in [6.45, 7) is 2.83. The van der Waals surface area contributed by atoms with Crippen LogP contribution in [0.1, 0.15) is 51.9 Å². The number of nitrogens with zero attached hydrogens (tertiary/aromatic N) is 2. The molecule has 0 aromatic rings. The number of rotatable bonds is 7. The molecule has 0 bridgehead atoms. The van der Waals surface area contributed by atoms with E-state index in [-0.39, 0.29) is 25.0 Å². The van der Waals surface area contributed by atoms with Crippen LogP contribution in [-0.4, -0.2) is 52.5 Å². The number of carbonyl (C=O) groups is 2. The fraction of sp³-hybridized carbons (Fsp3) is 0.750. The van der Waals surface area contributed by atoms with Gasteiger partial charge in [0.25, 0.3) is 0 Å². The number of carbonyl (C=O) groups excluding carboxylic acids is 1. The predicted molar refractivity (Wildman–Crippen MR) is 80.8 cm³/mol. The minimum atomic E-state index is -0.849. The molecule has 1 fully saturated rings. The van der Waals surface area contributed by atoms with Crippen molar-refractivity contribution in [1.82, 2.24) is 9.80 Å². The van der Waals surface area contributed by atoms with Gasteiger partial charge in [0.05, 0.1) is 13.1 Å². The third-order valence-electron chi connectivity index (χ3n) is 4.50. The molecule has 2 aliphatic carbocycles. The lowest BCUT2D eigenvalue weighted by Gasteiger charge is -2.30. The summed E-state index contributed by atoms with van der Waals surface area (Å²) in [7, 11) is 0. The van der Waals surface area contributed by atoms with E-state index in [1.165, 1.54) is 0 Å². The van der Waals surface area contributed by atoms with E-state index >= 15 is 0 Å². The first-order chi connectivity index (χ1) is 10.1. The van der Waals surface area contributed by atoms with Gasteiger partial charge in [0.2, 0.25) is 5.91 Å². The SMILES string of the molecule is CCN(C(=O)CN(CC(=O)O)C1CCCC1)C1=CCCC1. The highest BCUT2D eigenvalue weighted by atomic mass is 16.4. The normalized spacial score (nSPS) is 19.0. The Morgan fingerprint density at radius 1 is 1.24 bits per heavy atom. The Kier molecular flexibility index (Phi) is 5.79. The smallest absolute Gasteiger partial charge is 0.317 e. The van der Waals surface area contributed by atoms with Crippen LogP contribution in [-0.2, 0) is 9.59 Å². The van der Waals surface area contributed by atoms with Gasteiger partial charge in [-0.1, -0.05) is 18.9 Å². The fourth-order valence-corrected chi connectivity index (χ4v) is 3.46. The van der Waals surface area contributed by atoms with Crippen molar-refractivity contribution < 1.29 is 14.7 Å². The second-order valence-electron chi connectivity index (χ2n) is 5.96. The first-order valence-electron chi connectivity index (χ1n) is 8.07. The van der Waals surface area contributed by atoms with Gasteiger partial charge in [-0.2, -0.15) is 0 Å². The first-order valence-corrected chi connectivity index (χ1v) is 8.07. The molecule has 1 N–H and O–H groups in total. The molecular weight excluding hydrogens is 268 g/mol. The minimum absolute atomic E-state index is 0.0347. The van der Waals surface area contributed by atoms with E-state index in [4.69, 9.17) is 5.11 Å². The van der Waals surface area contributed by atoms with Gasteiger partial charge in [0.15, 0.2) is 0 Å². The van der Waals surface area contributed by atoms with Gasteiger partial charge in [-0.25, -0.2) is 0 Å². The molecule has 0 heterocycles. The molecule has 0 radical (unpaired) electrons. The van der Waals surface area contributed by atoms with Crippen molar-refractivity contribution in [2.24, 2.45) is 0 Å². The Labute approximate surface area is 126 Å². The largest absolute Gasteiger partial charge is 0.480 e. The summed E-state index contributed by atoms with van der Waals surface area (Å²) in [5.74, 6) is -0.809. The van der Waals surface area contributed by atoms with Crippen molar-refractivity contribution >= 4 is 11.9 Å². The maximum Gasteiger partial charge on any atom is 0.317 e. The molecule has 2 aliphatic rings. The third-order valence-corrected chi connectivity index (χ3v) is 4.50. The van der Waals surface area contributed by atoms with E-state index in [0.717, 1.165) is 50.6 Å². The molecule has 0 aromatic carbocycles. The number of hydrogen-bond donors (Lipinski definition) is 1. The van der Waals surface area contributed by atoms with Gasteiger partial charge in [-0.15, -0.1) is 0 Å². The maximum atomic E-state index is 12.6. The van der Waals surface area contributed by atoms with Crippen LogP contribution < -0.4 is 0 Å². The van der Waals surface area contributed by atoms with Crippen LogP contribution in [0.5, 0.6) is 0 Å². The van der Waals surface area contributed by atoms with Crippen LogP contribution in [0.3, 0.4) is 0 Å². The molecule has 21 heavy (non-hydrogen) atoms. The molecule has 0 aromatic heterocycles. The summed E-state index contributed by atoms with van der Waals surface area (Å²) in [4.78, 5) is 27.3. The van der Waals surface area contributed by atoms with Crippen molar-refractivity contribution in [1.29, 1.82) is 0 Å². The molecular formula is C16H26N2O3. The molecule has 0 atom stereocenters. The van der Waals surface area contributed by atoms with Crippen LogP contribution in [0.4, 0.5) is 0 Å². The van der Waals surface area contributed by atoms with E-state index in [1.807, 2.05) is 16.7 Å². The molecule has 0 saturated heterocycles. The van der Waals surface area contributed by atoms with Crippen molar-refractivity contribution in [2.45, 2.75) is 57.9 Å². The molecule has 2 rings (SSSR count). The highest BCUT2D eigenvalue weighted by Gasteiger charge is 2.28. The van der Waals surface area contributed by atoms with E-state index in [2.05, 4.69) is 6.08 Å². The number of amides is 1. The summed E-state index contributed by atoms with van der Waals surface area (Å²) in [6.07, 6.45) is 9.54. The van der Waals surface area contributed by atoms with Crippen LogP contribution in [0.15, 0.2) is 11.8 Å². The lowest BCUT2D eigenvalue weighted by Crippen LogP contribution is -2.45. The zero-order chi connectivity index (χ0) is 15.2. The zero-order valence-electron chi connectivity index (χ0n) is 12.9. The standard InChI is InChI=1S/C16H26N2O3/c1-2-18(14-9-5-6-10-14)15(19)11-17(12-16(20)21)13-7-3-4-8-13/h9,13H,2-8,10-12H2,1H3,(H,20,21). The summed E-state index contributed by atoms with van der Waals surface area (Å²) < 4.78 is 0. The summed E-state index contributed by atoms with van der Waals surface area (Å²) in [5.41, 5.74) is 1.11. The van der Waals surface area contributed by atoms with Crippen LogP contribution in [0.25, 0.3) is 0 Å². The van der Waals surface area contributed by atoms with Crippen molar-refractivity contribution in [3.8, 4) is 0 Å². The molecule has 1 amide bonds. The lowest BCUT2D eigenvalue weighted by atomic mass is 10.2. The van der Waals surface area contributed by atoms with E-state index in [9.17, 15) is 9.59 Å². The zero-order valence-corrected chi connectivity index (χ0v) is 12.9. The quantitative estimate of drug-likeness (QED) is 0.782. The molecule has 5 nitrogen and oxygen atoms in total. The van der Waals surface area contributed by atoms with Gasteiger partial charge in [0.1, 0.15) is 0 Å². The molecule has 1 saturated carbocycles. The Hall–Kier alpha value is -1.36. The number of hydrogen-bond acceptors (Lipinski definition) is 3. The number of carboxylic acids is 1. The monoisotopic (exact) mass is 294 g/mol. The average molecular weight is 294 g/mol. The summed E-state index contributed by atoms with van der Waals surface area (Å²) >= 11 is 0. The summed E-state index contributed by atoms with van der Waals surface area (Å²) in [6, 6.07) is 0.251. The second-order valence-corrected chi connectivity index (χ2v) is 5.96. The Bertz CT molecular complexity index is 414. The lowest BCUT2D eigenvalue weighted by molar-refractivity contribution is -0.140. The van der Waals surface area contributed by atoms with Gasteiger partial charge >= 0.3 is 5.97 Å². The van der Waals surface area contributed by atoms with Crippen LogP contribution in [0, 0.1) is 0 Å². The predicted octanol–water partition coefficient (Wildman–Crippen LogP) is 2.23. The Balaban J connectivity index is 1.99. The molecule has 0 aliphatic heterocycles. The fourth-order valence-electron chi connectivity index (χ4n) is 3.46. The molecule has 118 valence electrons. The molecule has 0 spiro atoms. The summed E-state index contributed by atoms with van der Waals surface area (Å²) in [5, 5.41) is 9.09. The number of carboxylic acid groups (broad SMARTS) is 1. The maximum absolute atomic E-state index is 12.6. The molecule has 0 unspecified atom stereocenters. The Morgan fingerprint density at radius 2 is 1.95 bits per heavy atom. The highest BCUT2D eigenvalue weighted by Crippen LogP contribution is 2.25. The van der Waals surface area contributed by atoms with Crippen LogP contribution in [0.2, 0.25) is 0 Å². The van der Waals surface area contributed by atoms with E-state index in [0.29, 0.717) is 6.54 Å². The number of likely N-dealkylation sites (N-methyl/N-ethyl adjacent to an activating group) is 1. The van der Waals surface area contributed by atoms with E-state index < -0.39 is 5.97 Å². The number of allylic oxidation sites excluding steroid dienone is 2. The highest BCUT2D eigenvalue weighted by molar-refractivity contribution is 5.81. The van der Waals surface area contributed by atoms with Crippen molar-refractivity contribution in [3.05, 3.63) is 11.8 Å². The van der Waals surface area contributed by atoms with Crippen LogP contribution >= 0.6 is 0 Å².